The summed E-state index contributed by atoms with van der Waals surface area (Å²) < 4.78 is 29.4. The Morgan fingerprint density at radius 3 is 2.35 bits per heavy atom. The largest absolute Gasteiger partial charge is 0.387 e. The van der Waals surface area contributed by atoms with Crippen LogP contribution in [0.2, 0.25) is 15.5 Å². The normalized spacial score (nSPS) is 20.4. The number of nitrogens with one attached hydrogen (secondary N) is 1. The zero-order valence-corrected chi connectivity index (χ0v) is 19.8. The molecule has 4 amide bonds. The molecule has 1 N–H and O–H groups in total. The molecule has 1 fully saturated rings. The van der Waals surface area contributed by atoms with Crippen molar-refractivity contribution in [1.29, 1.82) is 0 Å². The third kappa shape index (κ3) is 4.39. The fraction of sp³-hybridized carbons (Fsp3) is 0.273. The number of carbonyl (C=O) groups excluding carboxylic acids is 4. The van der Waals surface area contributed by atoms with E-state index in [9.17, 15) is 28.0 Å². The van der Waals surface area contributed by atoms with Gasteiger partial charge in [-0.15, -0.1) is 0 Å². The predicted octanol–water partition coefficient (Wildman–Crippen LogP) is 0.431. The number of fused-ring (bicyclic) bond motifs is 1. The lowest BCUT2D eigenvalue weighted by Crippen LogP contribution is -2.66. The van der Waals surface area contributed by atoms with Crippen LogP contribution < -0.4 is 5.32 Å². The average Bonchev–Trinajstić information content (AvgIpc) is 3.12. The molecule has 2 aliphatic rings. The highest BCUT2D eigenvalue weighted by atomic mass is 35.5. The molecule has 2 aromatic carbocycles. The summed E-state index contributed by atoms with van der Waals surface area (Å²) in [6.07, 6.45) is 0. The van der Waals surface area contributed by atoms with Crippen molar-refractivity contribution in [3.8, 4) is 0 Å². The second kappa shape index (κ2) is 9.08. The summed E-state index contributed by atoms with van der Waals surface area (Å²) >= 11 is 5.72. The highest BCUT2D eigenvalue weighted by Crippen LogP contribution is 2.50. The maximum Gasteiger partial charge on any atom is 0.348 e. The van der Waals surface area contributed by atoms with Crippen LogP contribution in [0.3, 0.4) is 0 Å². The van der Waals surface area contributed by atoms with Crippen LogP contribution in [0.25, 0.3) is 0 Å². The summed E-state index contributed by atoms with van der Waals surface area (Å²) in [6.45, 7) is -0.617. The number of rotatable bonds is 5. The molecule has 1 atom stereocenters. The second-order valence-electron chi connectivity index (χ2n) is 8.96. The maximum atomic E-state index is 14.7. The third-order valence-electron chi connectivity index (χ3n) is 6.43. The van der Waals surface area contributed by atoms with E-state index in [2.05, 4.69) is 0 Å². The second-order valence-corrected chi connectivity index (χ2v) is 9.40. The average molecular weight is 511 g/mol. The van der Waals surface area contributed by atoms with Crippen molar-refractivity contribution in [1.82, 2.24) is 15.0 Å². The van der Waals surface area contributed by atoms with Crippen molar-refractivity contribution in [3.05, 3.63) is 69.7 Å². The summed E-state index contributed by atoms with van der Waals surface area (Å²) in [5.74, 6) is -8.30. The van der Waals surface area contributed by atoms with E-state index >= 15 is 0 Å². The minimum absolute atomic E-state index is 0.158. The van der Waals surface area contributed by atoms with Crippen LogP contribution in [-0.4, -0.2) is 78.7 Å². The highest BCUT2D eigenvalue weighted by Gasteiger charge is 2.56. The fourth-order valence-corrected chi connectivity index (χ4v) is 4.38. The predicted molar refractivity (Wildman–Crippen MR) is 133 cm³/mol. The summed E-state index contributed by atoms with van der Waals surface area (Å²) in [7, 11) is 29.2. The lowest BCUT2D eigenvalue weighted by Gasteiger charge is -2.53. The Balaban J connectivity index is 1.54. The minimum atomic E-state index is -3.92. The Labute approximate surface area is 222 Å². The minimum Gasteiger partial charge on any atom is -0.387 e. The smallest absolute Gasteiger partial charge is 0.348 e. The third-order valence-corrected chi connectivity index (χ3v) is 6.68. The molecular weight excluding hydrogens is 498 g/mol. The van der Waals surface area contributed by atoms with E-state index in [1.54, 1.807) is 0 Å². The van der Waals surface area contributed by atoms with Gasteiger partial charge in [-0.1, -0.05) is 41.1 Å². The lowest BCUT2D eigenvalue weighted by molar-refractivity contribution is -0.154. The van der Waals surface area contributed by atoms with Crippen LogP contribution in [0.4, 0.5) is 8.78 Å². The van der Waals surface area contributed by atoms with E-state index < -0.39 is 58.1 Å². The molecule has 0 spiro atoms. The number of hydrogen-bond acceptors (Lipinski definition) is 4. The Morgan fingerprint density at radius 1 is 1.11 bits per heavy atom. The molecular formula is C22H13B5ClF2N3O4. The van der Waals surface area contributed by atoms with Crippen LogP contribution in [-0.2, 0) is 33.4 Å². The topological polar surface area (TPSA) is 86.8 Å². The SMILES string of the molecule is [B]N(Cc1ccc2c(c1)CN(C1C(=O)NC(=O)C([B])([B])C1([B])[B])C2=O)C(=O)C(F)(F)c1ccc(Cl)cc1. The molecule has 0 saturated carbocycles. The van der Waals surface area contributed by atoms with Crippen LogP contribution in [0, 0.1) is 0 Å². The monoisotopic (exact) mass is 511 g/mol. The first-order chi connectivity index (χ1) is 17.1. The van der Waals surface area contributed by atoms with Gasteiger partial charge in [0.05, 0.1) is 31.4 Å². The summed E-state index contributed by atoms with van der Waals surface area (Å²) in [6, 6.07) is 7.13. The van der Waals surface area contributed by atoms with Crippen molar-refractivity contribution in [2.45, 2.75) is 35.5 Å². The van der Waals surface area contributed by atoms with Crippen LogP contribution in [0.15, 0.2) is 42.5 Å². The first-order valence-electron chi connectivity index (χ1n) is 10.7. The van der Waals surface area contributed by atoms with Gasteiger partial charge in [0.15, 0.2) is 0 Å². The van der Waals surface area contributed by atoms with Crippen molar-refractivity contribution < 1.29 is 28.0 Å². The summed E-state index contributed by atoms with van der Waals surface area (Å²) in [5, 5.41) is -2.51. The van der Waals surface area contributed by atoms with Crippen molar-refractivity contribution in [2.24, 2.45) is 0 Å². The summed E-state index contributed by atoms with van der Waals surface area (Å²) in [5.41, 5.74) is 0.260. The molecule has 15 heteroatoms. The molecule has 2 heterocycles. The van der Waals surface area contributed by atoms with Gasteiger partial charge in [0.25, 0.3) is 11.8 Å². The van der Waals surface area contributed by atoms with Gasteiger partial charge in [0.1, 0.15) is 6.04 Å². The molecule has 2 aromatic rings. The molecule has 10 radical (unpaired) electrons. The van der Waals surface area contributed by atoms with Gasteiger partial charge in [0.2, 0.25) is 19.8 Å². The van der Waals surface area contributed by atoms with Crippen molar-refractivity contribution in [2.75, 3.05) is 0 Å². The van der Waals surface area contributed by atoms with Crippen LogP contribution >= 0.6 is 11.6 Å². The van der Waals surface area contributed by atoms with Crippen LogP contribution in [0.1, 0.15) is 27.0 Å². The Bertz CT molecular complexity index is 1330. The number of carbonyl (C=O) groups is 4. The van der Waals surface area contributed by atoms with E-state index in [0.717, 1.165) is 17.0 Å². The molecule has 37 heavy (non-hydrogen) atoms. The number of nitrogens with zero attached hydrogens (tertiary/aromatic N) is 2. The summed E-state index contributed by atoms with van der Waals surface area (Å²) in [4.78, 5) is 51.4. The van der Waals surface area contributed by atoms with E-state index in [4.69, 9.17) is 51.0 Å². The van der Waals surface area contributed by atoms with Crippen molar-refractivity contribution >= 4 is 74.6 Å². The quantitative estimate of drug-likeness (QED) is 0.467. The number of benzene rings is 2. The van der Waals surface area contributed by atoms with Gasteiger partial charge in [-0.3, -0.25) is 24.5 Å². The Hall–Kier alpha value is -3.01. The molecule has 4 rings (SSSR count). The Morgan fingerprint density at radius 2 is 1.73 bits per heavy atom. The Kier molecular flexibility index (Phi) is 6.63. The lowest BCUT2D eigenvalue weighted by atomic mass is 9.26. The number of amides is 4. The van der Waals surface area contributed by atoms with Crippen LogP contribution in [0.5, 0.6) is 0 Å². The molecule has 2 aliphatic heterocycles. The van der Waals surface area contributed by atoms with Gasteiger partial charge in [0, 0.05) is 29.2 Å². The number of alkyl halides is 2. The molecule has 1 saturated heterocycles. The molecule has 0 aromatic heterocycles. The van der Waals surface area contributed by atoms with Gasteiger partial charge < -0.3 is 9.71 Å². The van der Waals surface area contributed by atoms with E-state index in [1.807, 2.05) is 5.32 Å². The van der Waals surface area contributed by atoms with E-state index in [0.29, 0.717) is 15.9 Å². The van der Waals surface area contributed by atoms with Gasteiger partial charge in [-0.25, -0.2) is 0 Å². The molecule has 176 valence electrons. The number of imide groups is 1. The number of hydrogen-bond donors (Lipinski definition) is 1. The van der Waals surface area contributed by atoms with Gasteiger partial charge >= 0.3 is 5.92 Å². The van der Waals surface area contributed by atoms with E-state index in [1.165, 1.54) is 30.3 Å². The zero-order chi connectivity index (χ0) is 27.5. The fourth-order valence-electron chi connectivity index (χ4n) is 4.26. The maximum absolute atomic E-state index is 14.7. The molecule has 0 aliphatic carbocycles. The standard InChI is InChI=1S/C22H13B5ClF2N3O4/c23-21(24)15(16(34)31-18(36)22(21,25)26)32-9-11-7-10(1-6-14(11)17(32)35)8-33(27)19(37)20(29,30)12-2-4-13(28)5-3-12/h1-7,15H,8-9H2,(H,31,34,36). The first kappa shape index (κ1) is 27.0. The number of halogens is 3. The molecule has 1 unspecified atom stereocenters. The number of piperidine rings is 1. The van der Waals surface area contributed by atoms with Crippen molar-refractivity contribution in [3.63, 3.8) is 0 Å². The van der Waals surface area contributed by atoms with Gasteiger partial charge in [-0.05, 0) is 34.5 Å². The molecule has 0 bridgehead atoms. The first-order valence-corrected chi connectivity index (χ1v) is 11.1. The highest BCUT2D eigenvalue weighted by molar-refractivity contribution is 6.63. The van der Waals surface area contributed by atoms with E-state index in [-0.39, 0.29) is 17.1 Å². The zero-order valence-electron chi connectivity index (χ0n) is 19.1. The van der Waals surface area contributed by atoms with Gasteiger partial charge in [-0.2, -0.15) is 8.78 Å². The molecule has 7 nitrogen and oxygen atoms in total.